The van der Waals surface area contributed by atoms with Crippen LogP contribution in [0.4, 0.5) is 0 Å². The minimum Gasteiger partial charge on any atom is -0.491 e. The van der Waals surface area contributed by atoms with Crippen LogP contribution in [0.25, 0.3) is 0 Å². The minimum atomic E-state index is 0.0869. The predicted molar refractivity (Wildman–Crippen MR) is 89.8 cm³/mol. The number of hydrogen-bond donors (Lipinski definition) is 1. The van der Waals surface area contributed by atoms with Crippen molar-refractivity contribution in [2.75, 3.05) is 6.61 Å². The molecule has 2 atom stereocenters. The fourth-order valence-corrected chi connectivity index (χ4v) is 2.79. The Morgan fingerprint density at radius 2 is 2.10 bits per heavy atom. The first-order chi connectivity index (χ1) is 9.83. The van der Waals surface area contributed by atoms with E-state index in [0.717, 1.165) is 29.6 Å². The zero-order chi connectivity index (χ0) is 15.5. The van der Waals surface area contributed by atoms with Crippen molar-refractivity contribution in [1.82, 2.24) is 5.32 Å². The van der Waals surface area contributed by atoms with E-state index in [9.17, 15) is 0 Å². The predicted octanol–water partition coefficient (Wildman–Crippen LogP) is 4.28. The first-order valence-electron chi connectivity index (χ1n) is 7.65. The Labute approximate surface area is 136 Å². The van der Waals surface area contributed by atoms with E-state index < -0.39 is 0 Å². The summed E-state index contributed by atoms with van der Waals surface area (Å²) in [7, 11) is 0. The van der Waals surface area contributed by atoms with Crippen LogP contribution in [-0.2, 0) is 11.3 Å². The number of ether oxygens (including phenoxy) is 2. The normalized spacial score (nSPS) is 22.5. The van der Waals surface area contributed by atoms with Gasteiger partial charge in [0.15, 0.2) is 0 Å². The Bertz CT molecular complexity index is 470. The third-order valence-corrected chi connectivity index (χ3v) is 4.07. The third-order valence-electron chi connectivity index (χ3n) is 3.58. The first kappa shape index (κ1) is 16.8. The average Bonchev–Trinajstić information content (AvgIpc) is 2.80. The second-order valence-corrected chi connectivity index (χ2v) is 7.73. The van der Waals surface area contributed by atoms with Gasteiger partial charge < -0.3 is 14.8 Å². The van der Waals surface area contributed by atoms with E-state index in [1.807, 2.05) is 12.1 Å². The summed E-state index contributed by atoms with van der Waals surface area (Å²) in [6.45, 7) is 10.0. The molecule has 0 bridgehead atoms. The molecule has 1 aliphatic rings. The highest BCUT2D eigenvalue weighted by Gasteiger charge is 2.22. The number of halogens is 1. The molecule has 3 nitrogen and oxygen atoms in total. The van der Waals surface area contributed by atoms with Crippen molar-refractivity contribution in [2.24, 2.45) is 0 Å². The van der Waals surface area contributed by atoms with Crippen molar-refractivity contribution in [3.05, 3.63) is 28.2 Å². The average molecular weight is 356 g/mol. The molecule has 2 rings (SSSR count). The molecule has 118 valence electrons. The number of benzene rings is 1. The molecular formula is C17H26BrNO2. The summed E-state index contributed by atoms with van der Waals surface area (Å²) in [6.07, 6.45) is 2.82. The molecule has 0 saturated carbocycles. The van der Waals surface area contributed by atoms with Gasteiger partial charge in [0.1, 0.15) is 12.4 Å². The topological polar surface area (TPSA) is 30.5 Å². The summed E-state index contributed by atoms with van der Waals surface area (Å²) in [4.78, 5) is 0. The second kappa shape index (κ2) is 7.12. The van der Waals surface area contributed by atoms with Gasteiger partial charge in [0.25, 0.3) is 0 Å². The van der Waals surface area contributed by atoms with Gasteiger partial charge >= 0.3 is 0 Å². The molecule has 1 aromatic rings. The molecule has 1 heterocycles. The largest absolute Gasteiger partial charge is 0.491 e. The van der Waals surface area contributed by atoms with Crippen molar-refractivity contribution >= 4 is 15.9 Å². The highest BCUT2D eigenvalue weighted by atomic mass is 79.9. The van der Waals surface area contributed by atoms with Gasteiger partial charge in [0.2, 0.25) is 0 Å². The van der Waals surface area contributed by atoms with Gasteiger partial charge in [-0.2, -0.15) is 0 Å². The first-order valence-corrected chi connectivity index (χ1v) is 8.44. The number of rotatable bonds is 5. The molecule has 0 spiro atoms. The van der Waals surface area contributed by atoms with Gasteiger partial charge in [-0.05, 0) is 58.7 Å². The van der Waals surface area contributed by atoms with E-state index in [0.29, 0.717) is 12.7 Å². The maximum Gasteiger partial charge on any atom is 0.124 e. The summed E-state index contributed by atoms with van der Waals surface area (Å²) >= 11 is 3.53. The lowest BCUT2D eigenvalue weighted by atomic mass is 10.1. The second-order valence-electron chi connectivity index (χ2n) is 6.81. The Kier molecular flexibility index (Phi) is 5.69. The van der Waals surface area contributed by atoms with Gasteiger partial charge in [-0.3, -0.25) is 0 Å². The summed E-state index contributed by atoms with van der Waals surface area (Å²) in [6, 6.07) is 6.17. The van der Waals surface area contributed by atoms with Crippen molar-refractivity contribution in [3.8, 4) is 5.75 Å². The van der Waals surface area contributed by atoms with Crippen LogP contribution in [0.15, 0.2) is 22.7 Å². The Hall–Kier alpha value is -0.580. The molecule has 1 fully saturated rings. The van der Waals surface area contributed by atoms with Crippen molar-refractivity contribution in [3.63, 3.8) is 0 Å². The molecule has 0 radical (unpaired) electrons. The molecule has 1 aromatic carbocycles. The molecule has 1 N–H and O–H groups in total. The van der Waals surface area contributed by atoms with Crippen LogP contribution in [-0.4, -0.2) is 24.4 Å². The zero-order valence-corrected chi connectivity index (χ0v) is 15.0. The van der Waals surface area contributed by atoms with E-state index in [1.165, 1.54) is 5.56 Å². The summed E-state index contributed by atoms with van der Waals surface area (Å²) in [5.74, 6) is 0.943. The Morgan fingerprint density at radius 3 is 2.71 bits per heavy atom. The van der Waals surface area contributed by atoms with Crippen LogP contribution in [0.5, 0.6) is 5.75 Å². The van der Waals surface area contributed by atoms with Gasteiger partial charge in [-0.15, -0.1) is 0 Å². The molecular weight excluding hydrogens is 330 g/mol. The molecule has 0 aromatic heterocycles. The summed E-state index contributed by atoms with van der Waals surface area (Å²) in [5.41, 5.74) is 1.26. The number of hydrogen-bond acceptors (Lipinski definition) is 3. The van der Waals surface area contributed by atoms with Crippen LogP contribution in [0.1, 0.15) is 46.1 Å². The summed E-state index contributed by atoms with van der Waals surface area (Å²) < 4.78 is 12.9. The molecule has 1 aliphatic heterocycles. The van der Waals surface area contributed by atoms with Crippen LogP contribution in [0, 0.1) is 0 Å². The highest BCUT2D eigenvalue weighted by Crippen LogP contribution is 2.26. The van der Waals surface area contributed by atoms with E-state index in [2.05, 4.69) is 55.0 Å². The molecule has 21 heavy (non-hydrogen) atoms. The van der Waals surface area contributed by atoms with E-state index in [-0.39, 0.29) is 11.6 Å². The smallest absolute Gasteiger partial charge is 0.124 e. The Balaban J connectivity index is 1.97. The molecule has 2 unspecified atom stereocenters. The van der Waals surface area contributed by atoms with Crippen molar-refractivity contribution in [2.45, 2.75) is 64.8 Å². The van der Waals surface area contributed by atoms with E-state index in [1.54, 1.807) is 0 Å². The van der Waals surface area contributed by atoms with Gasteiger partial charge in [0, 0.05) is 22.1 Å². The standard InChI is InChI=1S/C17H26BrNO2/c1-12-5-7-15(21-12)11-20-16-8-6-14(18)9-13(16)10-19-17(2,3)4/h6,8-9,12,15,19H,5,7,10-11H2,1-4H3. The highest BCUT2D eigenvalue weighted by molar-refractivity contribution is 9.10. The van der Waals surface area contributed by atoms with Gasteiger partial charge in [-0.25, -0.2) is 0 Å². The lowest BCUT2D eigenvalue weighted by Gasteiger charge is -2.22. The van der Waals surface area contributed by atoms with Gasteiger partial charge in [0.05, 0.1) is 12.2 Å². The van der Waals surface area contributed by atoms with Crippen molar-refractivity contribution in [1.29, 1.82) is 0 Å². The van der Waals surface area contributed by atoms with Crippen LogP contribution >= 0.6 is 15.9 Å². The van der Waals surface area contributed by atoms with E-state index in [4.69, 9.17) is 9.47 Å². The fraction of sp³-hybridized carbons (Fsp3) is 0.647. The molecule has 4 heteroatoms. The Morgan fingerprint density at radius 1 is 1.33 bits per heavy atom. The van der Waals surface area contributed by atoms with Crippen molar-refractivity contribution < 1.29 is 9.47 Å². The maximum atomic E-state index is 6.00. The minimum absolute atomic E-state index is 0.0869. The maximum absolute atomic E-state index is 6.00. The molecule has 1 saturated heterocycles. The zero-order valence-electron chi connectivity index (χ0n) is 13.4. The SMILES string of the molecule is CC1CCC(COc2ccc(Br)cc2CNC(C)(C)C)O1. The molecule has 0 amide bonds. The number of nitrogens with one attached hydrogen (secondary N) is 1. The van der Waals surface area contributed by atoms with Crippen LogP contribution in [0.2, 0.25) is 0 Å². The third kappa shape index (κ3) is 5.61. The quantitative estimate of drug-likeness (QED) is 0.854. The summed E-state index contributed by atoms with van der Waals surface area (Å²) in [5, 5.41) is 3.51. The lowest BCUT2D eigenvalue weighted by molar-refractivity contribution is 0.0262. The van der Waals surface area contributed by atoms with E-state index >= 15 is 0 Å². The lowest BCUT2D eigenvalue weighted by Crippen LogP contribution is -2.35. The van der Waals surface area contributed by atoms with Gasteiger partial charge in [-0.1, -0.05) is 15.9 Å². The van der Waals surface area contributed by atoms with Crippen LogP contribution < -0.4 is 10.1 Å². The van der Waals surface area contributed by atoms with Crippen LogP contribution in [0.3, 0.4) is 0 Å². The molecule has 0 aliphatic carbocycles. The monoisotopic (exact) mass is 355 g/mol. The fourth-order valence-electron chi connectivity index (χ4n) is 2.38.